The van der Waals surface area contributed by atoms with Gasteiger partial charge in [-0.3, -0.25) is 4.79 Å². The van der Waals surface area contributed by atoms with E-state index in [1.165, 1.54) is 6.26 Å². The normalized spacial score (nSPS) is 11.9. The number of hydrogen-bond acceptors (Lipinski definition) is 5. The van der Waals surface area contributed by atoms with E-state index in [2.05, 4.69) is 4.98 Å². The number of nitrogens with zero attached hydrogens (tertiary/aromatic N) is 1. The number of aromatic nitrogens is 1. The predicted octanol–water partition coefficient (Wildman–Crippen LogP) is 4.85. The Bertz CT molecular complexity index is 863. The molecule has 0 spiro atoms. The Labute approximate surface area is 156 Å². The minimum atomic E-state index is -0.742. The van der Waals surface area contributed by atoms with Crippen molar-refractivity contribution < 1.29 is 18.7 Å². The van der Waals surface area contributed by atoms with E-state index in [1.807, 2.05) is 37.3 Å². The van der Waals surface area contributed by atoms with E-state index >= 15 is 0 Å². The molecule has 6 heteroatoms. The molecular weight excluding hydrogens is 354 g/mol. The van der Waals surface area contributed by atoms with Crippen LogP contribution in [0.3, 0.4) is 0 Å². The van der Waals surface area contributed by atoms with Crippen molar-refractivity contribution in [3.63, 3.8) is 0 Å². The van der Waals surface area contributed by atoms with Gasteiger partial charge in [0.25, 0.3) is 0 Å². The highest BCUT2D eigenvalue weighted by Crippen LogP contribution is 2.34. The van der Waals surface area contributed by atoms with Crippen LogP contribution < -0.4 is 4.74 Å². The number of hydrogen-bond donors (Lipinski definition) is 0. The van der Waals surface area contributed by atoms with Crippen molar-refractivity contribution >= 4 is 17.9 Å². The molecule has 0 N–H and O–H groups in total. The summed E-state index contributed by atoms with van der Waals surface area (Å²) in [5, 5.41) is 0.513. The van der Waals surface area contributed by atoms with E-state index in [-0.39, 0.29) is 0 Å². The van der Waals surface area contributed by atoms with Crippen LogP contribution in [-0.4, -0.2) is 17.9 Å². The van der Waals surface area contributed by atoms with Crippen LogP contribution in [0, 0.1) is 0 Å². The third-order valence-electron chi connectivity index (χ3n) is 3.68. The summed E-state index contributed by atoms with van der Waals surface area (Å²) in [5.74, 6) is 0.815. The van der Waals surface area contributed by atoms with Gasteiger partial charge in [0.2, 0.25) is 5.89 Å². The molecule has 0 saturated heterocycles. The smallest absolute Gasteiger partial charge is 0.230 e. The zero-order valence-corrected chi connectivity index (χ0v) is 15.0. The monoisotopic (exact) mass is 371 g/mol. The largest absolute Gasteiger partial charge is 0.477 e. The molecular formula is C20H18ClNO4. The molecule has 0 amide bonds. The highest BCUT2D eigenvalue weighted by atomic mass is 35.5. The molecule has 0 fully saturated rings. The number of carbonyl (C=O) groups excluding carboxylic acids is 1. The second kappa shape index (κ2) is 8.65. The van der Waals surface area contributed by atoms with E-state index in [0.717, 1.165) is 11.8 Å². The Morgan fingerprint density at radius 3 is 2.77 bits per heavy atom. The number of benzene rings is 2. The molecule has 0 aliphatic carbocycles. The zero-order valence-electron chi connectivity index (χ0n) is 14.2. The van der Waals surface area contributed by atoms with Crippen LogP contribution in [0.1, 0.15) is 24.3 Å². The highest BCUT2D eigenvalue weighted by molar-refractivity contribution is 6.30. The average Bonchev–Trinajstić information content (AvgIpc) is 3.15. The highest BCUT2D eigenvalue weighted by Gasteiger charge is 2.18. The molecule has 0 aliphatic heterocycles. The molecule has 0 saturated carbocycles. The van der Waals surface area contributed by atoms with Crippen molar-refractivity contribution in [3.05, 3.63) is 71.1 Å². The lowest BCUT2D eigenvalue weighted by Gasteiger charge is -2.16. The van der Waals surface area contributed by atoms with Crippen molar-refractivity contribution in [2.45, 2.75) is 19.6 Å². The van der Waals surface area contributed by atoms with E-state index in [4.69, 9.17) is 25.5 Å². The van der Waals surface area contributed by atoms with Gasteiger partial charge < -0.3 is 13.9 Å². The maximum absolute atomic E-state index is 11.5. The molecule has 5 nitrogen and oxygen atoms in total. The molecule has 0 radical (unpaired) electrons. The summed E-state index contributed by atoms with van der Waals surface area (Å²) in [7, 11) is 0. The van der Waals surface area contributed by atoms with Crippen molar-refractivity contribution in [3.8, 4) is 17.2 Å². The van der Waals surface area contributed by atoms with Gasteiger partial charge in [-0.2, -0.15) is 0 Å². The van der Waals surface area contributed by atoms with Crippen molar-refractivity contribution in [1.29, 1.82) is 0 Å². The average molecular weight is 372 g/mol. The molecule has 1 unspecified atom stereocenters. The van der Waals surface area contributed by atoms with Gasteiger partial charge in [-0.1, -0.05) is 41.9 Å². The summed E-state index contributed by atoms with van der Waals surface area (Å²) in [5.41, 5.74) is 2.00. The van der Waals surface area contributed by atoms with Gasteiger partial charge in [0.1, 0.15) is 17.7 Å². The lowest BCUT2D eigenvalue weighted by molar-refractivity contribution is -0.113. The van der Waals surface area contributed by atoms with Crippen LogP contribution in [0.4, 0.5) is 0 Å². The number of oxazole rings is 1. The minimum Gasteiger partial charge on any atom is -0.477 e. The molecule has 1 aromatic heterocycles. The first-order valence-corrected chi connectivity index (χ1v) is 8.58. The molecule has 1 heterocycles. The van der Waals surface area contributed by atoms with Gasteiger partial charge in [0.05, 0.1) is 12.2 Å². The number of rotatable bonds is 8. The SMILES string of the molecule is CCOCc1coc(-c2cc(Cl)ccc2OC(C=O)c2ccccc2)n1. The van der Waals surface area contributed by atoms with Crippen LogP contribution in [0.15, 0.2) is 59.2 Å². The Balaban J connectivity index is 1.90. The summed E-state index contributed by atoms with van der Waals surface area (Å²) in [6.07, 6.45) is 1.54. The Kier molecular flexibility index (Phi) is 6.04. The van der Waals surface area contributed by atoms with Gasteiger partial charge in [0, 0.05) is 11.6 Å². The van der Waals surface area contributed by atoms with Gasteiger partial charge in [0.15, 0.2) is 12.4 Å². The Morgan fingerprint density at radius 1 is 1.23 bits per heavy atom. The van der Waals surface area contributed by atoms with Gasteiger partial charge in [-0.05, 0) is 30.7 Å². The fourth-order valence-corrected chi connectivity index (χ4v) is 2.60. The third-order valence-corrected chi connectivity index (χ3v) is 3.92. The van der Waals surface area contributed by atoms with E-state index in [9.17, 15) is 4.79 Å². The van der Waals surface area contributed by atoms with Crippen LogP contribution in [0.2, 0.25) is 5.02 Å². The summed E-state index contributed by atoms with van der Waals surface area (Å²) in [4.78, 5) is 15.9. The summed E-state index contributed by atoms with van der Waals surface area (Å²) in [6.45, 7) is 2.86. The number of ether oxygens (including phenoxy) is 2. The van der Waals surface area contributed by atoms with Crippen molar-refractivity contribution in [2.24, 2.45) is 0 Å². The molecule has 134 valence electrons. The fourth-order valence-electron chi connectivity index (χ4n) is 2.43. The Morgan fingerprint density at radius 2 is 2.04 bits per heavy atom. The standard InChI is InChI=1S/C20H18ClNO4/c1-2-24-12-16-13-25-20(22-16)17-10-15(21)8-9-18(17)26-19(11-23)14-6-4-3-5-7-14/h3-11,13,19H,2,12H2,1H3. The van der Waals surface area contributed by atoms with Crippen LogP contribution in [0.25, 0.3) is 11.5 Å². The maximum atomic E-state index is 11.5. The van der Waals surface area contributed by atoms with Gasteiger partial charge in [-0.25, -0.2) is 4.98 Å². The van der Waals surface area contributed by atoms with Crippen molar-refractivity contribution in [2.75, 3.05) is 6.61 Å². The first-order chi connectivity index (χ1) is 12.7. The molecule has 3 aromatic rings. The molecule has 3 rings (SSSR count). The topological polar surface area (TPSA) is 61.6 Å². The minimum absolute atomic E-state index is 0.356. The summed E-state index contributed by atoms with van der Waals surface area (Å²) in [6, 6.07) is 14.3. The van der Waals surface area contributed by atoms with Crippen LogP contribution in [0.5, 0.6) is 5.75 Å². The van der Waals surface area contributed by atoms with E-state index < -0.39 is 6.10 Å². The van der Waals surface area contributed by atoms with E-state index in [1.54, 1.807) is 18.2 Å². The third kappa shape index (κ3) is 4.31. The molecule has 1 atom stereocenters. The molecule has 0 aliphatic rings. The first-order valence-electron chi connectivity index (χ1n) is 8.20. The quantitative estimate of drug-likeness (QED) is 0.529. The summed E-state index contributed by atoms with van der Waals surface area (Å²) < 4.78 is 16.8. The first kappa shape index (κ1) is 18.2. The predicted molar refractivity (Wildman–Crippen MR) is 98.2 cm³/mol. The number of aldehydes is 1. The van der Waals surface area contributed by atoms with Crippen LogP contribution >= 0.6 is 11.6 Å². The molecule has 0 bridgehead atoms. The lowest BCUT2D eigenvalue weighted by Crippen LogP contribution is -2.09. The Hall–Kier alpha value is -2.63. The van der Waals surface area contributed by atoms with Gasteiger partial charge >= 0.3 is 0 Å². The maximum Gasteiger partial charge on any atom is 0.230 e. The number of carbonyl (C=O) groups is 1. The van der Waals surface area contributed by atoms with Gasteiger partial charge in [-0.15, -0.1) is 0 Å². The van der Waals surface area contributed by atoms with Crippen molar-refractivity contribution in [1.82, 2.24) is 4.98 Å². The second-order valence-electron chi connectivity index (χ2n) is 5.51. The second-order valence-corrected chi connectivity index (χ2v) is 5.94. The molecule has 2 aromatic carbocycles. The fraction of sp³-hybridized carbons (Fsp3) is 0.200. The lowest BCUT2D eigenvalue weighted by atomic mass is 10.1. The van der Waals surface area contributed by atoms with Crippen LogP contribution in [-0.2, 0) is 16.1 Å². The summed E-state index contributed by atoms with van der Waals surface area (Å²) >= 11 is 6.13. The molecule has 26 heavy (non-hydrogen) atoms. The zero-order chi connectivity index (χ0) is 18.4. The van der Waals surface area contributed by atoms with E-state index in [0.29, 0.717) is 41.1 Å². The number of halogens is 1.